The Labute approximate surface area is 699 Å². The van der Waals surface area contributed by atoms with Gasteiger partial charge >= 0.3 is 18.1 Å². The van der Waals surface area contributed by atoms with Gasteiger partial charge in [0.05, 0.1) is 54.8 Å². The van der Waals surface area contributed by atoms with Crippen molar-refractivity contribution in [1.29, 1.82) is 10.5 Å². The second-order valence-electron chi connectivity index (χ2n) is 35.5. The van der Waals surface area contributed by atoms with E-state index in [2.05, 4.69) is 115 Å². The summed E-state index contributed by atoms with van der Waals surface area (Å²) < 4.78 is 0. The summed E-state index contributed by atoms with van der Waals surface area (Å²) in [6, 6.07) is 25.2. The van der Waals surface area contributed by atoms with Gasteiger partial charge < -0.3 is 75.6 Å². The van der Waals surface area contributed by atoms with Gasteiger partial charge in [-0.3, -0.25) is 4.79 Å². The number of fused-ring (bicyclic) bond motifs is 4. The Kier molecular flexibility index (Phi) is 28.8. The molecule has 0 radical (unpaired) electrons. The number of rotatable bonds is 12. The van der Waals surface area contributed by atoms with Gasteiger partial charge in [0.25, 0.3) is 5.91 Å². The first-order valence-electron chi connectivity index (χ1n) is 44.5. The lowest BCUT2D eigenvalue weighted by Crippen LogP contribution is -2.61. The van der Waals surface area contributed by atoms with Crippen molar-refractivity contribution in [3.05, 3.63) is 100 Å². The van der Waals surface area contributed by atoms with Gasteiger partial charge in [-0.1, -0.05) is 74.4 Å². The van der Waals surface area contributed by atoms with E-state index in [-0.39, 0.29) is 70.9 Å². The van der Waals surface area contributed by atoms with E-state index in [1.54, 1.807) is 47.4 Å². The van der Waals surface area contributed by atoms with Crippen LogP contribution in [-0.2, 0) is 0 Å². The lowest BCUT2D eigenvalue weighted by atomic mass is 9.80. The Morgan fingerprint density at radius 3 is 1.21 bits per heavy atom. The number of benzene rings is 2. The highest BCUT2D eigenvalue weighted by molar-refractivity contribution is 6.30. The molecule has 2 aromatic carbocycles. The van der Waals surface area contributed by atoms with Gasteiger partial charge in [-0.15, -0.1) is 0 Å². The molecule has 5 N–H and O–H groups in total. The van der Waals surface area contributed by atoms with Crippen LogP contribution in [-0.4, -0.2) is 262 Å². The topological polar surface area (TPSA) is 291 Å². The summed E-state index contributed by atoms with van der Waals surface area (Å²) in [5.41, 5.74) is 10.8. The first-order valence-corrected chi connectivity index (χ1v) is 44.8. The molecule has 0 unspecified atom stereocenters. The zero-order chi connectivity index (χ0) is 81.6. The number of anilines is 7. The fourth-order valence-electron chi connectivity index (χ4n) is 21.7. The molecule has 630 valence electrons. The third-order valence-corrected chi connectivity index (χ3v) is 27.9. The van der Waals surface area contributed by atoms with Crippen molar-refractivity contribution < 1.29 is 19.2 Å². The van der Waals surface area contributed by atoms with E-state index < -0.39 is 5.91 Å². The van der Waals surface area contributed by atoms with Crippen molar-refractivity contribution in [1.82, 2.24) is 74.4 Å². The fraction of sp³-hybridized carbons (Fsp3) is 0.663. The number of carbonyl (C=O) groups is 4. The van der Waals surface area contributed by atoms with Crippen molar-refractivity contribution in [2.45, 2.75) is 259 Å². The zero-order valence-corrected chi connectivity index (χ0v) is 71.1. The number of likely N-dealkylation sites (tertiary alicyclic amines) is 5. The summed E-state index contributed by atoms with van der Waals surface area (Å²) in [7, 11) is 10.8. The molecule has 8 atom stereocenters. The van der Waals surface area contributed by atoms with Gasteiger partial charge in [0.1, 0.15) is 29.6 Å². The van der Waals surface area contributed by atoms with Crippen LogP contribution in [0, 0.1) is 28.6 Å². The second kappa shape index (κ2) is 39.8. The van der Waals surface area contributed by atoms with Gasteiger partial charge in [0.2, 0.25) is 0 Å². The van der Waals surface area contributed by atoms with Crippen molar-refractivity contribution in [2.24, 2.45) is 11.7 Å². The number of aromatic nitrogens is 6. The summed E-state index contributed by atoms with van der Waals surface area (Å²) in [5, 5.41) is 29.2. The zero-order valence-electron chi connectivity index (χ0n) is 70.4. The van der Waals surface area contributed by atoms with Crippen molar-refractivity contribution >= 4 is 76.1 Å². The first kappa shape index (κ1) is 84.6. The standard InChI is InChI=1S/C32H46N8O2.C32H44N8O.C16H21ClN6O.C9H17N/c1-37(2)32(42)40-18-6-9-26-27(40)10-5-17-39(26)28-21-34-29(30(33)41)31(36-28)35-24-13-11-22(12-14-24)23-15-19-38(20-16-23)25-7-3-4-8-25;1-37(2)32(41)40-18-6-9-28-29(40)10-5-17-39(28)30-22-34-27(21-33)31(36-30)35-25-13-11-23(12-14-25)24-15-19-38(20-16-24)26-7-3-4-8-26;1-21(2)16(24)23-8-4-5-12-13(23)6-3-7-22(12)14-10-19-11(9-18)15(17)20-14;1-2-6-9-8(4-1)5-3-7-10-9/h11-14,21,23,25-27H,3-10,15-20H2,1-2H3,(H2,33,41)(H,35,36);11-14,22,24,26,28-29H,3-10,15-20H2,1-2H3,(H,35,36);10,12-13H,3-8H2,1-2H3;8-10H,1-7H2/t26-,27-;28-,29-;12-,13-;8-,9-/m1111/s1. The van der Waals surface area contributed by atoms with Gasteiger partial charge in [-0.2, -0.15) is 10.5 Å². The molecule has 3 aromatic heterocycles. The number of hydrogen-bond donors (Lipinski definition) is 4. The summed E-state index contributed by atoms with van der Waals surface area (Å²) in [4.78, 5) is 101. The smallest absolute Gasteiger partial charge is 0.319 e. The van der Waals surface area contributed by atoms with Crippen molar-refractivity contribution in [3.8, 4) is 12.1 Å². The molecule has 117 heavy (non-hydrogen) atoms. The largest absolute Gasteiger partial charge is 0.364 e. The van der Waals surface area contributed by atoms with Crippen LogP contribution in [0.1, 0.15) is 237 Å². The van der Waals surface area contributed by atoms with E-state index in [0.29, 0.717) is 40.8 Å². The predicted octanol–water partition coefficient (Wildman–Crippen LogP) is 13.9. The summed E-state index contributed by atoms with van der Waals surface area (Å²) in [5.74, 6) is 4.66. The molecule has 27 nitrogen and oxygen atoms in total. The molecule has 3 saturated carbocycles. The molecule has 17 rings (SSSR count). The third kappa shape index (κ3) is 20.2. The molecule has 3 aliphatic carbocycles. The second-order valence-corrected chi connectivity index (χ2v) is 35.9. The Morgan fingerprint density at radius 1 is 0.427 bits per heavy atom. The van der Waals surface area contributed by atoms with E-state index in [4.69, 9.17) is 32.6 Å². The Hall–Kier alpha value is -8.89. The molecule has 0 bridgehead atoms. The van der Waals surface area contributed by atoms with E-state index >= 15 is 0 Å². The van der Waals surface area contributed by atoms with Gasteiger partial charge in [-0.05, 0) is 240 Å². The SMILES string of the molecule is C1CC[C@H]2NCCC[C@H]2C1.CN(C)C(=O)N1CCC[C@@H]2[C@H]1CCCN2c1cnc(C#N)c(Cl)n1.CN(C)C(=O)N1CCC[C@@H]2[C@H]1CCCN2c1cnc(C#N)c(Nc2ccc(C3CCN(C4CCCC4)CC3)cc2)n1.CN(C)C(=O)N1CCC[C@@H]2[C@H]1CCCN2c1cnc(C(N)=O)c(Nc2ccc(C3CCN(C4CCCC4)CC3)cc2)n1. The van der Waals surface area contributed by atoms with E-state index in [1.807, 2.05) is 49.0 Å². The van der Waals surface area contributed by atoms with Crippen LogP contribution in [0.3, 0.4) is 0 Å². The number of carbonyl (C=O) groups excluding carboxylic acids is 4. The highest BCUT2D eigenvalue weighted by atomic mass is 35.5. The number of primary amides is 1. The predicted molar refractivity (Wildman–Crippen MR) is 461 cm³/mol. The monoisotopic (exact) mass is 1620 g/mol. The number of hydrogen-bond acceptors (Lipinski definition) is 20. The van der Waals surface area contributed by atoms with Gasteiger partial charge in [0, 0.05) is 111 Å². The number of piperidine rings is 9. The molecule has 28 heteroatoms. The molecule has 9 saturated heterocycles. The maximum absolute atomic E-state index is 12.9. The minimum Gasteiger partial charge on any atom is -0.364 e. The minimum absolute atomic E-state index is 0.0619. The van der Waals surface area contributed by atoms with E-state index in [1.165, 1.54) is 159 Å². The van der Waals surface area contributed by atoms with Crippen LogP contribution < -0.4 is 36.4 Å². The van der Waals surface area contributed by atoms with E-state index in [0.717, 1.165) is 158 Å². The van der Waals surface area contributed by atoms with Gasteiger partial charge in [-0.25, -0.2) is 44.3 Å². The molecule has 5 aromatic rings. The fourth-order valence-corrected chi connectivity index (χ4v) is 21.9. The normalized spacial score (nSPS) is 25.3. The summed E-state index contributed by atoms with van der Waals surface area (Å²) in [6.07, 6.45) is 41.6. The van der Waals surface area contributed by atoms with Crippen molar-refractivity contribution in [2.75, 3.05) is 140 Å². The number of amides is 7. The van der Waals surface area contributed by atoms with Crippen LogP contribution in [0.4, 0.5) is 54.8 Å². The van der Waals surface area contributed by atoms with Crippen LogP contribution in [0.5, 0.6) is 0 Å². The summed E-state index contributed by atoms with van der Waals surface area (Å²) in [6.45, 7) is 11.0. The quantitative estimate of drug-likeness (QED) is 0.0902. The van der Waals surface area contributed by atoms with Crippen LogP contribution >= 0.6 is 11.6 Å². The van der Waals surface area contributed by atoms with Crippen molar-refractivity contribution in [3.63, 3.8) is 0 Å². The Balaban J connectivity index is 0.000000140. The first-order chi connectivity index (χ1) is 56.9. The average molecular weight is 1620 g/mol. The Bertz CT molecular complexity index is 4200. The molecule has 12 fully saturated rings. The molecule has 0 spiro atoms. The molecular formula is C89H128ClN23O4. The lowest BCUT2D eigenvalue weighted by molar-refractivity contribution is 0.0992. The number of nitrogens with zero attached hydrogens (tertiary/aromatic N) is 19. The van der Waals surface area contributed by atoms with Gasteiger partial charge in [0.15, 0.2) is 33.9 Å². The maximum atomic E-state index is 12.9. The van der Waals surface area contributed by atoms with Crippen LogP contribution in [0.25, 0.3) is 0 Å². The highest BCUT2D eigenvalue weighted by Crippen LogP contribution is 2.41. The highest BCUT2D eigenvalue weighted by Gasteiger charge is 2.45. The molecule has 12 heterocycles. The summed E-state index contributed by atoms with van der Waals surface area (Å²) >= 11 is 6.05. The maximum Gasteiger partial charge on any atom is 0.319 e. The molecule has 12 aliphatic rings. The molecule has 7 amide bonds. The average Bonchev–Trinajstić information content (AvgIpc) is 1.09. The Morgan fingerprint density at radius 2 is 0.795 bits per heavy atom. The number of nitrogens with two attached hydrogens (primary N) is 1. The molecule has 9 aliphatic heterocycles. The van der Waals surface area contributed by atoms with E-state index in [9.17, 15) is 24.4 Å². The third-order valence-electron chi connectivity index (χ3n) is 27.7. The van der Waals surface area contributed by atoms with Crippen LogP contribution in [0.15, 0.2) is 67.1 Å². The number of urea groups is 3. The number of halogens is 1. The lowest BCUT2D eigenvalue weighted by Gasteiger charge is -2.50. The number of nitrogens with one attached hydrogen (secondary N) is 3. The number of nitriles is 2. The van der Waals surface area contributed by atoms with Crippen LogP contribution in [0.2, 0.25) is 5.15 Å². The minimum atomic E-state index is -0.612. The molecular weight excluding hydrogens is 1490 g/mol.